The summed E-state index contributed by atoms with van der Waals surface area (Å²) in [6.45, 7) is 0.471. The third-order valence-corrected chi connectivity index (χ3v) is 5.35. The number of thiocarbonyl (C=S) groups is 1. The van der Waals surface area contributed by atoms with Gasteiger partial charge in [-0.1, -0.05) is 60.7 Å². The fraction of sp³-hybridized carbons (Fsp3) is 0.0417. The van der Waals surface area contributed by atoms with E-state index in [4.69, 9.17) is 17.0 Å². The fourth-order valence-electron chi connectivity index (χ4n) is 2.82. The largest absolute Gasteiger partial charge is 0.489 e. The van der Waals surface area contributed by atoms with Crippen LogP contribution in [0.1, 0.15) is 15.9 Å². The molecule has 0 fully saturated rings. The van der Waals surface area contributed by atoms with E-state index in [9.17, 15) is 4.79 Å². The minimum absolute atomic E-state index is 0.198. The first-order valence-corrected chi connectivity index (χ1v) is 10.9. The van der Waals surface area contributed by atoms with Gasteiger partial charge in [0.05, 0.1) is 5.69 Å². The van der Waals surface area contributed by atoms with Crippen molar-refractivity contribution in [3.8, 4) is 17.0 Å². The van der Waals surface area contributed by atoms with Crippen molar-refractivity contribution >= 4 is 39.7 Å². The second-order valence-electron chi connectivity index (χ2n) is 6.61. The molecule has 1 amide bonds. The molecular formula is C24H19N3O2S2. The van der Waals surface area contributed by atoms with Crippen LogP contribution in [-0.2, 0) is 6.61 Å². The summed E-state index contributed by atoms with van der Waals surface area (Å²) in [5.41, 5.74) is 3.45. The highest BCUT2D eigenvalue weighted by molar-refractivity contribution is 7.80. The lowest BCUT2D eigenvalue weighted by atomic mass is 10.2. The molecule has 7 heteroatoms. The van der Waals surface area contributed by atoms with Crippen molar-refractivity contribution in [2.45, 2.75) is 6.61 Å². The molecule has 0 radical (unpaired) electrons. The van der Waals surface area contributed by atoms with Gasteiger partial charge >= 0.3 is 0 Å². The molecule has 0 unspecified atom stereocenters. The van der Waals surface area contributed by atoms with E-state index < -0.39 is 0 Å². The number of hydrogen-bond donors (Lipinski definition) is 2. The molecule has 1 heterocycles. The lowest BCUT2D eigenvalue weighted by Gasteiger charge is -2.09. The summed E-state index contributed by atoms with van der Waals surface area (Å²) >= 11 is 6.68. The monoisotopic (exact) mass is 445 g/mol. The van der Waals surface area contributed by atoms with Crippen LogP contribution in [0.25, 0.3) is 11.3 Å². The van der Waals surface area contributed by atoms with Gasteiger partial charge in [0.2, 0.25) is 0 Å². The van der Waals surface area contributed by atoms with E-state index in [0.717, 1.165) is 16.8 Å². The van der Waals surface area contributed by atoms with Crippen molar-refractivity contribution in [2.75, 3.05) is 5.32 Å². The number of amides is 1. The Morgan fingerprint density at radius 3 is 2.32 bits per heavy atom. The van der Waals surface area contributed by atoms with Crippen LogP contribution in [0.4, 0.5) is 5.13 Å². The number of benzene rings is 3. The first-order chi connectivity index (χ1) is 15.2. The van der Waals surface area contributed by atoms with Crippen LogP contribution < -0.4 is 15.4 Å². The number of carbonyl (C=O) groups excluding carboxylic acids is 1. The molecule has 0 bridgehead atoms. The Bertz CT molecular complexity index is 1160. The maximum atomic E-state index is 12.5. The highest BCUT2D eigenvalue weighted by Crippen LogP contribution is 2.24. The maximum absolute atomic E-state index is 12.5. The van der Waals surface area contributed by atoms with E-state index >= 15 is 0 Å². The number of ether oxygens (including phenoxy) is 1. The summed E-state index contributed by atoms with van der Waals surface area (Å²) < 4.78 is 5.75. The SMILES string of the molecule is O=C(NC(=S)Nc1nc(-c2ccccc2)cs1)c1ccc(OCc2ccccc2)cc1. The molecule has 0 aliphatic rings. The van der Waals surface area contributed by atoms with Crippen molar-refractivity contribution in [1.29, 1.82) is 0 Å². The molecule has 2 N–H and O–H groups in total. The number of aromatic nitrogens is 1. The van der Waals surface area contributed by atoms with Crippen LogP contribution in [0, 0.1) is 0 Å². The van der Waals surface area contributed by atoms with Gasteiger partial charge < -0.3 is 10.1 Å². The van der Waals surface area contributed by atoms with E-state index in [2.05, 4.69) is 15.6 Å². The van der Waals surface area contributed by atoms with Crippen LogP contribution in [0.3, 0.4) is 0 Å². The summed E-state index contributed by atoms with van der Waals surface area (Å²) in [7, 11) is 0. The van der Waals surface area contributed by atoms with Gasteiger partial charge in [0.1, 0.15) is 12.4 Å². The lowest BCUT2D eigenvalue weighted by Crippen LogP contribution is -2.34. The Morgan fingerprint density at radius 2 is 1.61 bits per heavy atom. The van der Waals surface area contributed by atoms with Crippen molar-refractivity contribution in [2.24, 2.45) is 0 Å². The van der Waals surface area contributed by atoms with Crippen LogP contribution in [0.2, 0.25) is 0 Å². The van der Waals surface area contributed by atoms with Crippen molar-refractivity contribution in [3.05, 3.63) is 101 Å². The molecule has 1 aromatic heterocycles. The fourth-order valence-corrected chi connectivity index (χ4v) is 3.80. The van der Waals surface area contributed by atoms with Crippen LogP contribution in [0.15, 0.2) is 90.3 Å². The standard InChI is InChI=1S/C24H19N3O2S2/c28-22(19-11-13-20(14-12-19)29-15-17-7-3-1-4-8-17)26-23(30)27-24-25-21(16-31-24)18-9-5-2-6-10-18/h1-14,16H,15H2,(H2,25,26,27,28,30). The van der Waals surface area contributed by atoms with Gasteiger partial charge in [-0.05, 0) is 42.0 Å². The zero-order chi connectivity index (χ0) is 21.5. The summed E-state index contributed by atoms with van der Waals surface area (Å²) in [6.07, 6.45) is 0. The van der Waals surface area contributed by atoms with Gasteiger partial charge in [-0.15, -0.1) is 11.3 Å². The summed E-state index contributed by atoms with van der Waals surface area (Å²) in [4.78, 5) is 17.0. The van der Waals surface area contributed by atoms with E-state index in [0.29, 0.717) is 23.1 Å². The molecule has 4 rings (SSSR count). The Kier molecular flexibility index (Phi) is 6.66. The third-order valence-electron chi connectivity index (χ3n) is 4.39. The number of thiazole rings is 1. The first-order valence-electron chi connectivity index (χ1n) is 9.57. The molecule has 0 saturated carbocycles. The lowest BCUT2D eigenvalue weighted by molar-refractivity contribution is 0.0977. The molecule has 0 spiro atoms. The Morgan fingerprint density at radius 1 is 0.935 bits per heavy atom. The summed E-state index contributed by atoms with van der Waals surface area (Å²) in [6, 6.07) is 26.7. The second kappa shape index (κ2) is 9.97. The average Bonchev–Trinajstić information content (AvgIpc) is 3.27. The van der Waals surface area contributed by atoms with E-state index in [1.807, 2.05) is 66.0 Å². The number of nitrogens with zero attached hydrogens (tertiary/aromatic N) is 1. The van der Waals surface area contributed by atoms with Gasteiger partial charge in [-0.2, -0.15) is 0 Å². The molecule has 154 valence electrons. The minimum atomic E-state index is -0.299. The van der Waals surface area contributed by atoms with Crippen LogP contribution >= 0.6 is 23.6 Å². The number of carbonyl (C=O) groups is 1. The molecule has 0 saturated heterocycles. The van der Waals surface area contributed by atoms with Crippen molar-refractivity contribution in [3.63, 3.8) is 0 Å². The smallest absolute Gasteiger partial charge is 0.257 e. The van der Waals surface area contributed by atoms with Gasteiger partial charge in [0.15, 0.2) is 10.2 Å². The molecular weight excluding hydrogens is 426 g/mol. The van der Waals surface area contributed by atoms with Gasteiger partial charge in [-0.3, -0.25) is 10.1 Å². The molecule has 0 atom stereocenters. The van der Waals surface area contributed by atoms with Crippen molar-refractivity contribution in [1.82, 2.24) is 10.3 Å². The Balaban J connectivity index is 1.30. The molecule has 5 nitrogen and oxygen atoms in total. The second-order valence-corrected chi connectivity index (χ2v) is 7.88. The molecule has 0 aliphatic carbocycles. The van der Waals surface area contributed by atoms with E-state index in [1.165, 1.54) is 11.3 Å². The predicted molar refractivity (Wildman–Crippen MR) is 128 cm³/mol. The average molecular weight is 446 g/mol. The maximum Gasteiger partial charge on any atom is 0.257 e. The van der Waals surface area contributed by atoms with Gasteiger partial charge in [-0.25, -0.2) is 4.98 Å². The van der Waals surface area contributed by atoms with Crippen LogP contribution in [-0.4, -0.2) is 16.0 Å². The number of rotatable bonds is 6. The quantitative estimate of drug-likeness (QED) is 0.383. The van der Waals surface area contributed by atoms with Gasteiger partial charge in [0.25, 0.3) is 5.91 Å². The van der Waals surface area contributed by atoms with Crippen LogP contribution in [0.5, 0.6) is 5.75 Å². The zero-order valence-corrected chi connectivity index (χ0v) is 18.1. The Hall–Kier alpha value is -3.55. The summed E-state index contributed by atoms with van der Waals surface area (Å²) in [5.74, 6) is 0.393. The normalized spacial score (nSPS) is 10.3. The molecule has 4 aromatic rings. The predicted octanol–water partition coefficient (Wildman–Crippen LogP) is 5.52. The summed E-state index contributed by atoms with van der Waals surface area (Å²) in [5, 5.41) is 8.40. The Labute approximate surface area is 189 Å². The number of anilines is 1. The van der Waals surface area contributed by atoms with E-state index in [1.54, 1.807) is 24.3 Å². The highest BCUT2D eigenvalue weighted by Gasteiger charge is 2.10. The topological polar surface area (TPSA) is 63.2 Å². The number of hydrogen-bond acceptors (Lipinski definition) is 5. The van der Waals surface area contributed by atoms with Crippen molar-refractivity contribution < 1.29 is 9.53 Å². The molecule has 0 aliphatic heterocycles. The minimum Gasteiger partial charge on any atom is -0.489 e. The molecule has 3 aromatic carbocycles. The first kappa shape index (κ1) is 20.7. The van der Waals surface area contributed by atoms with Gasteiger partial charge in [0, 0.05) is 16.5 Å². The highest BCUT2D eigenvalue weighted by atomic mass is 32.1. The third kappa shape index (κ3) is 5.75. The van der Waals surface area contributed by atoms with E-state index in [-0.39, 0.29) is 11.0 Å². The number of nitrogens with one attached hydrogen (secondary N) is 2. The molecule has 31 heavy (non-hydrogen) atoms. The zero-order valence-electron chi connectivity index (χ0n) is 16.4.